The molecular formula is C12H13NOS. The maximum absolute atomic E-state index is 11.5. The first kappa shape index (κ1) is 10.5. The van der Waals surface area contributed by atoms with Gasteiger partial charge in [-0.05, 0) is 30.2 Å². The molecule has 0 fully saturated rings. The Morgan fingerprint density at radius 3 is 2.87 bits per heavy atom. The van der Waals surface area contributed by atoms with Crippen molar-refractivity contribution >= 4 is 22.1 Å². The summed E-state index contributed by atoms with van der Waals surface area (Å²) in [6.45, 7) is 1.94. The third kappa shape index (κ3) is 2.30. The third-order valence-corrected chi connectivity index (χ3v) is 3.65. The lowest BCUT2D eigenvalue weighted by molar-refractivity contribution is 0.595. The van der Waals surface area contributed by atoms with E-state index in [9.17, 15) is 4.55 Å². The number of hydrogen-bond donors (Lipinski definition) is 0. The molecule has 0 amide bonds. The predicted molar refractivity (Wildman–Crippen MR) is 64.1 cm³/mol. The van der Waals surface area contributed by atoms with Gasteiger partial charge in [0.05, 0.1) is 5.52 Å². The molecule has 2 nitrogen and oxygen atoms in total. The largest absolute Gasteiger partial charge is 0.616 e. The Morgan fingerprint density at radius 1 is 1.27 bits per heavy atom. The summed E-state index contributed by atoms with van der Waals surface area (Å²) in [5.41, 5.74) is 2.10. The van der Waals surface area contributed by atoms with E-state index in [1.54, 1.807) is 6.20 Å². The topological polar surface area (TPSA) is 36.0 Å². The van der Waals surface area contributed by atoms with Crippen molar-refractivity contribution in [1.82, 2.24) is 4.98 Å². The highest BCUT2D eigenvalue weighted by atomic mass is 32.2. The van der Waals surface area contributed by atoms with E-state index in [1.807, 2.05) is 37.3 Å². The second-order valence-electron chi connectivity index (χ2n) is 3.36. The second kappa shape index (κ2) is 4.64. The fraction of sp³-hybridized carbons (Fsp3) is 0.250. The van der Waals surface area contributed by atoms with Gasteiger partial charge >= 0.3 is 0 Å². The van der Waals surface area contributed by atoms with Gasteiger partial charge in [0.15, 0.2) is 0 Å². The molecule has 1 atom stereocenters. The SMILES string of the molecule is CC[S+]([O-])Cc1ccnc2ccccc12. The second-order valence-corrected chi connectivity index (χ2v) is 5.11. The standard InChI is InChI=1S/C12H13NOS/c1-2-15(14)9-10-7-8-13-12-6-4-3-5-11(10)12/h3-8H,2,9H2,1H3. The van der Waals surface area contributed by atoms with Crippen molar-refractivity contribution in [3.05, 3.63) is 42.1 Å². The molecule has 3 heteroatoms. The van der Waals surface area contributed by atoms with Crippen LogP contribution in [0.1, 0.15) is 12.5 Å². The van der Waals surface area contributed by atoms with Crippen LogP contribution in [0.2, 0.25) is 0 Å². The zero-order chi connectivity index (χ0) is 10.7. The van der Waals surface area contributed by atoms with Crippen molar-refractivity contribution in [3.63, 3.8) is 0 Å². The first-order valence-electron chi connectivity index (χ1n) is 4.99. The fourth-order valence-corrected chi connectivity index (χ4v) is 2.36. The molecule has 0 bridgehead atoms. The molecule has 0 aliphatic heterocycles. The molecule has 0 aliphatic rings. The van der Waals surface area contributed by atoms with E-state index in [4.69, 9.17) is 0 Å². The molecule has 2 rings (SSSR count). The molecule has 0 saturated heterocycles. The summed E-state index contributed by atoms with van der Waals surface area (Å²) in [5, 5.41) is 1.11. The van der Waals surface area contributed by atoms with Crippen LogP contribution in [0.3, 0.4) is 0 Å². The lowest BCUT2D eigenvalue weighted by atomic mass is 10.1. The average molecular weight is 219 g/mol. The molecule has 0 saturated carbocycles. The number of benzene rings is 1. The highest BCUT2D eigenvalue weighted by Crippen LogP contribution is 2.18. The molecule has 78 valence electrons. The molecule has 1 aromatic heterocycles. The molecule has 0 radical (unpaired) electrons. The van der Waals surface area contributed by atoms with Crippen LogP contribution in [0.25, 0.3) is 10.9 Å². The van der Waals surface area contributed by atoms with E-state index in [0.717, 1.165) is 16.5 Å². The van der Waals surface area contributed by atoms with Gasteiger partial charge in [0.1, 0.15) is 11.5 Å². The molecule has 2 aromatic rings. The van der Waals surface area contributed by atoms with Crippen LogP contribution < -0.4 is 0 Å². The van der Waals surface area contributed by atoms with E-state index >= 15 is 0 Å². The lowest BCUT2D eigenvalue weighted by Crippen LogP contribution is -2.07. The van der Waals surface area contributed by atoms with Crippen LogP contribution in [-0.2, 0) is 16.9 Å². The summed E-state index contributed by atoms with van der Waals surface area (Å²) in [7, 11) is 0. The van der Waals surface area contributed by atoms with Crippen molar-refractivity contribution in [2.24, 2.45) is 0 Å². The van der Waals surface area contributed by atoms with Crippen molar-refractivity contribution in [2.75, 3.05) is 5.75 Å². The van der Waals surface area contributed by atoms with E-state index in [2.05, 4.69) is 4.98 Å². The van der Waals surface area contributed by atoms with E-state index in [-0.39, 0.29) is 0 Å². The molecule has 0 N–H and O–H groups in total. The van der Waals surface area contributed by atoms with Crippen LogP contribution in [0.15, 0.2) is 36.5 Å². The summed E-state index contributed by atoms with van der Waals surface area (Å²) in [6.07, 6.45) is 1.78. The van der Waals surface area contributed by atoms with Gasteiger partial charge in [0.25, 0.3) is 0 Å². The molecule has 1 unspecified atom stereocenters. The Morgan fingerprint density at radius 2 is 2.07 bits per heavy atom. The number of nitrogens with zero attached hydrogens (tertiary/aromatic N) is 1. The van der Waals surface area contributed by atoms with Crippen LogP contribution >= 0.6 is 0 Å². The molecular weight excluding hydrogens is 206 g/mol. The Balaban J connectivity index is 2.42. The summed E-state index contributed by atoms with van der Waals surface area (Å²) >= 11 is -0.762. The first-order valence-corrected chi connectivity index (χ1v) is 6.47. The van der Waals surface area contributed by atoms with Gasteiger partial charge in [0.2, 0.25) is 0 Å². The lowest BCUT2D eigenvalue weighted by Gasteiger charge is -2.09. The minimum absolute atomic E-state index is 0.625. The van der Waals surface area contributed by atoms with Crippen molar-refractivity contribution in [2.45, 2.75) is 12.7 Å². The summed E-state index contributed by atoms with van der Waals surface area (Å²) in [6, 6.07) is 9.92. The van der Waals surface area contributed by atoms with Gasteiger partial charge in [-0.25, -0.2) is 0 Å². The van der Waals surface area contributed by atoms with Gasteiger partial charge < -0.3 is 4.55 Å². The van der Waals surface area contributed by atoms with Gasteiger partial charge in [-0.1, -0.05) is 18.2 Å². The van der Waals surface area contributed by atoms with Gasteiger partial charge in [-0.15, -0.1) is 0 Å². The quantitative estimate of drug-likeness (QED) is 0.744. The van der Waals surface area contributed by atoms with Crippen LogP contribution in [-0.4, -0.2) is 15.3 Å². The molecule has 0 spiro atoms. The van der Waals surface area contributed by atoms with Gasteiger partial charge in [0, 0.05) is 17.1 Å². The van der Waals surface area contributed by atoms with Crippen LogP contribution in [0.4, 0.5) is 0 Å². The minimum Gasteiger partial charge on any atom is -0.616 e. The van der Waals surface area contributed by atoms with E-state index < -0.39 is 11.2 Å². The normalized spacial score (nSPS) is 12.9. The molecule has 0 aliphatic carbocycles. The Kier molecular flexibility index (Phi) is 3.23. The Bertz CT molecular complexity index is 453. The monoisotopic (exact) mass is 219 g/mol. The molecule has 1 aromatic carbocycles. The maximum atomic E-state index is 11.5. The number of aromatic nitrogens is 1. The maximum Gasteiger partial charge on any atom is 0.131 e. The number of rotatable bonds is 3. The van der Waals surface area contributed by atoms with Crippen LogP contribution in [0, 0.1) is 0 Å². The third-order valence-electron chi connectivity index (χ3n) is 2.38. The van der Waals surface area contributed by atoms with E-state index in [0.29, 0.717) is 11.5 Å². The van der Waals surface area contributed by atoms with Crippen molar-refractivity contribution < 1.29 is 4.55 Å². The Hall–Kier alpha value is -1.06. The highest BCUT2D eigenvalue weighted by Gasteiger charge is 2.08. The minimum atomic E-state index is -0.762. The predicted octanol–water partition coefficient (Wildman–Crippen LogP) is 2.50. The molecule has 1 heterocycles. The Labute approximate surface area is 92.5 Å². The number of para-hydroxylation sites is 1. The smallest absolute Gasteiger partial charge is 0.131 e. The van der Waals surface area contributed by atoms with Crippen molar-refractivity contribution in [1.29, 1.82) is 0 Å². The van der Waals surface area contributed by atoms with Gasteiger partial charge in [-0.3, -0.25) is 4.98 Å². The number of pyridine rings is 1. The summed E-state index contributed by atoms with van der Waals surface area (Å²) in [5.74, 6) is 1.33. The van der Waals surface area contributed by atoms with Gasteiger partial charge in [-0.2, -0.15) is 0 Å². The zero-order valence-electron chi connectivity index (χ0n) is 8.64. The van der Waals surface area contributed by atoms with Crippen molar-refractivity contribution in [3.8, 4) is 0 Å². The fourth-order valence-electron chi connectivity index (χ4n) is 1.56. The summed E-state index contributed by atoms with van der Waals surface area (Å²) in [4.78, 5) is 4.28. The number of fused-ring (bicyclic) bond motifs is 1. The number of hydrogen-bond acceptors (Lipinski definition) is 2. The van der Waals surface area contributed by atoms with E-state index in [1.165, 1.54) is 0 Å². The summed E-state index contributed by atoms with van der Waals surface area (Å²) < 4.78 is 11.5. The zero-order valence-corrected chi connectivity index (χ0v) is 9.46. The average Bonchev–Trinajstić information content (AvgIpc) is 2.29. The highest BCUT2D eigenvalue weighted by molar-refractivity contribution is 7.90. The van der Waals surface area contributed by atoms with Crippen LogP contribution in [0.5, 0.6) is 0 Å². The first-order chi connectivity index (χ1) is 7.31. The molecule has 15 heavy (non-hydrogen) atoms.